The molecule has 0 saturated heterocycles. The summed E-state index contributed by atoms with van der Waals surface area (Å²) in [4.78, 5) is 3.26. The van der Waals surface area contributed by atoms with E-state index in [1.54, 1.807) is 0 Å². The fourth-order valence-electron chi connectivity index (χ4n) is 1.70. The van der Waals surface area contributed by atoms with Gasteiger partial charge in [0, 0.05) is 5.56 Å². The van der Waals surface area contributed by atoms with E-state index in [1.165, 1.54) is 12.1 Å². The Morgan fingerprint density at radius 2 is 1.35 bits per heavy atom. The molecule has 1 heterocycles. The molecular formula is C13H7F6N. The second-order valence-electron chi connectivity index (χ2n) is 3.95. The first-order valence-electron chi connectivity index (χ1n) is 5.40. The zero-order valence-corrected chi connectivity index (χ0v) is 9.76. The highest BCUT2D eigenvalue weighted by Gasteiger charge is 2.35. The maximum atomic E-state index is 12.8. The summed E-state index contributed by atoms with van der Waals surface area (Å²) in [5.74, 6) is 0. The van der Waals surface area contributed by atoms with Crippen LogP contribution in [0, 0.1) is 0 Å². The first kappa shape index (κ1) is 14.4. The fourth-order valence-corrected chi connectivity index (χ4v) is 1.70. The van der Waals surface area contributed by atoms with Gasteiger partial charge in [-0.05, 0) is 18.2 Å². The summed E-state index contributed by atoms with van der Waals surface area (Å²) in [5, 5.41) is 0. The Morgan fingerprint density at radius 1 is 0.700 bits per heavy atom. The van der Waals surface area contributed by atoms with Crippen LogP contribution in [0.5, 0.6) is 0 Å². The molecule has 0 N–H and O–H groups in total. The summed E-state index contributed by atoms with van der Waals surface area (Å²) >= 11 is 0. The second kappa shape index (κ2) is 4.81. The van der Waals surface area contributed by atoms with Crippen LogP contribution < -0.4 is 0 Å². The van der Waals surface area contributed by atoms with Gasteiger partial charge in [0.05, 0.1) is 11.3 Å². The van der Waals surface area contributed by atoms with Crippen LogP contribution in [0.15, 0.2) is 42.5 Å². The zero-order chi connectivity index (χ0) is 15.0. The van der Waals surface area contributed by atoms with Gasteiger partial charge in [-0.1, -0.05) is 24.3 Å². The van der Waals surface area contributed by atoms with Gasteiger partial charge in [-0.15, -0.1) is 0 Å². The van der Waals surface area contributed by atoms with E-state index in [0.717, 1.165) is 24.3 Å². The third-order valence-corrected chi connectivity index (χ3v) is 2.55. The molecule has 0 unspecified atom stereocenters. The number of benzene rings is 1. The summed E-state index contributed by atoms with van der Waals surface area (Å²) < 4.78 is 76.1. The molecule has 0 aliphatic heterocycles. The lowest BCUT2D eigenvalue weighted by molar-refractivity contribution is -0.141. The van der Waals surface area contributed by atoms with E-state index in [2.05, 4.69) is 4.98 Å². The van der Waals surface area contributed by atoms with Crippen LogP contribution in [0.25, 0.3) is 11.3 Å². The minimum atomic E-state index is -4.71. The Balaban J connectivity index is 2.59. The van der Waals surface area contributed by atoms with Crippen LogP contribution in [-0.4, -0.2) is 4.98 Å². The van der Waals surface area contributed by atoms with E-state index in [1.807, 2.05) is 0 Å². The first-order chi connectivity index (χ1) is 9.19. The smallest absolute Gasteiger partial charge is 0.243 e. The Morgan fingerprint density at radius 3 is 1.95 bits per heavy atom. The summed E-state index contributed by atoms with van der Waals surface area (Å²) in [6, 6.07) is 7.22. The minimum absolute atomic E-state index is 0.368. The van der Waals surface area contributed by atoms with Gasteiger partial charge in [0.25, 0.3) is 0 Å². The Labute approximate surface area is 109 Å². The average Bonchev–Trinajstić information content (AvgIpc) is 2.37. The van der Waals surface area contributed by atoms with Crippen molar-refractivity contribution in [2.45, 2.75) is 12.4 Å². The third kappa shape index (κ3) is 2.92. The van der Waals surface area contributed by atoms with Gasteiger partial charge in [-0.2, -0.15) is 26.3 Å². The second-order valence-corrected chi connectivity index (χ2v) is 3.95. The molecule has 2 aromatic rings. The van der Waals surface area contributed by atoms with Gasteiger partial charge < -0.3 is 0 Å². The van der Waals surface area contributed by atoms with Crippen molar-refractivity contribution in [3.8, 4) is 11.3 Å². The van der Waals surface area contributed by atoms with Gasteiger partial charge >= 0.3 is 12.4 Å². The fraction of sp³-hybridized carbons (Fsp3) is 0.154. The largest absolute Gasteiger partial charge is 0.433 e. The van der Waals surface area contributed by atoms with Gasteiger partial charge in [0.2, 0.25) is 0 Å². The molecule has 0 radical (unpaired) electrons. The maximum Gasteiger partial charge on any atom is 0.433 e. The number of nitrogens with zero attached hydrogens (tertiary/aromatic N) is 1. The SMILES string of the molecule is FC(F)(F)c1cccc(-c2ccccc2C(F)(F)F)n1. The van der Waals surface area contributed by atoms with Gasteiger partial charge in [0.1, 0.15) is 5.69 Å². The molecule has 0 atom stereocenters. The van der Waals surface area contributed by atoms with Crippen LogP contribution in [0.3, 0.4) is 0 Å². The number of hydrogen-bond donors (Lipinski definition) is 0. The lowest BCUT2D eigenvalue weighted by Crippen LogP contribution is -2.10. The van der Waals surface area contributed by atoms with Crippen molar-refractivity contribution in [3.63, 3.8) is 0 Å². The van der Waals surface area contributed by atoms with Crippen molar-refractivity contribution in [2.75, 3.05) is 0 Å². The van der Waals surface area contributed by atoms with E-state index >= 15 is 0 Å². The Kier molecular flexibility index (Phi) is 3.45. The minimum Gasteiger partial charge on any atom is -0.243 e. The van der Waals surface area contributed by atoms with Crippen molar-refractivity contribution in [3.05, 3.63) is 53.7 Å². The van der Waals surface area contributed by atoms with Gasteiger partial charge in [-0.25, -0.2) is 4.98 Å². The van der Waals surface area contributed by atoms with Crippen LogP contribution in [0.2, 0.25) is 0 Å². The Hall–Kier alpha value is -2.05. The van der Waals surface area contributed by atoms with Crippen molar-refractivity contribution in [1.82, 2.24) is 4.98 Å². The predicted molar refractivity (Wildman–Crippen MR) is 59.7 cm³/mol. The number of halogens is 6. The normalized spacial score (nSPS) is 12.5. The van der Waals surface area contributed by atoms with E-state index in [9.17, 15) is 26.3 Å². The van der Waals surface area contributed by atoms with Gasteiger partial charge in [0.15, 0.2) is 0 Å². The summed E-state index contributed by atoms with van der Waals surface area (Å²) in [6.45, 7) is 0. The van der Waals surface area contributed by atoms with Crippen molar-refractivity contribution >= 4 is 0 Å². The molecule has 1 nitrogen and oxygen atoms in total. The summed E-state index contributed by atoms with van der Waals surface area (Å²) in [5.41, 5.74) is -3.00. The number of hydrogen-bond acceptors (Lipinski definition) is 1. The number of pyridine rings is 1. The molecule has 0 aliphatic carbocycles. The number of rotatable bonds is 1. The van der Waals surface area contributed by atoms with Crippen LogP contribution in [0.1, 0.15) is 11.3 Å². The lowest BCUT2D eigenvalue weighted by atomic mass is 10.0. The molecule has 106 valence electrons. The predicted octanol–water partition coefficient (Wildman–Crippen LogP) is 4.79. The molecule has 1 aromatic carbocycles. The lowest BCUT2D eigenvalue weighted by Gasteiger charge is -2.13. The first-order valence-corrected chi connectivity index (χ1v) is 5.40. The highest BCUT2D eigenvalue weighted by molar-refractivity contribution is 5.64. The molecule has 0 aliphatic rings. The summed E-state index contributed by atoms with van der Waals surface area (Å²) in [7, 11) is 0. The average molecular weight is 291 g/mol. The van der Waals surface area contributed by atoms with Crippen molar-refractivity contribution < 1.29 is 26.3 Å². The zero-order valence-electron chi connectivity index (χ0n) is 9.76. The molecule has 7 heteroatoms. The van der Waals surface area contributed by atoms with Crippen molar-refractivity contribution in [1.29, 1.82) is 0 Å². The topological polar surface area (TPSA) is 12.9 Å². The molecular weight excluding hydrogens is 284 g/mol. The highest BCUT2D eigenvalue weighted by Crippen LogP contribution is 2.37. The molecule has 0 fully saturated rings. The van der Waals surface area contributed by atoms with Crippen LogP contribution >= 0.6 is 0 Å². The van der Waals surface area contributed by atoms with Gasteiger partial charge in [-0.3, -0.25) is 0 Å². The highest BCUT2D eigenvalue weighted by atomic mass is 19.4. The molecule has 2 rings (SSSR count). The van der Waals surface area contributed by atoms with E-state index in [0.29, 0.717) is 6.07 Å². The summed E-state index contributed by atoms with van der Waals surface area (Å²) in [6.07, 6.45) is -9.37. The monoisotopic (exact) mass is 291 g/mol. The molecule has 0 bridgehead atoms. The molecule has 20 heavy (non-hydrogen) atoms. The molecule has 0 spiro atoms. The van der Waals surface area contributed by atoms with Crippen molar-refractivity contribution in [2.24, 2.45) is 0 Å². The number of alkyl halides is 6. The number of aromatic nitrogens is 1. The van der Waals surface area contributed by atoms with E-state index in [-0.39, 0.29) is 11.3 Å². The van der Waals surface area contributed by atoms with Crippen LogP contribution in [-0.2, 0) is 12.4 Å². The molecule has 0 amide bonds. The third-order valence-electron chi connectivity index (χ3n) is 2.55. The molecule has 0 saturated carbocycles. The van der Waals surface area contributed by atoms with E-state index < -0.39 is 23.6 Å². The maximum absolute atomic E-state index is 12.8. The Bertz CT molecular complexity index is 615. The standard InChI is InChI=1S/C13H7F6N/c14-12(15,16)9-5-2-1-4-8(9)10-6-3-7-11(20-10)13(17,18)19/h1-7H. The molecule has 1 aromatic heterocycles. The quantitative estimate of drug-likeness (QED) is 0.689. The van der Waals surface area contributed by atoms with E-state index in [4.69, 9.17) is 0 Å². The van der Waals surface area contributed by atoms with Crippen LogP contribution in [0.4, 0.5) is 26.3 Å².